The minimum atomic E-state index is -4.14. The second kappa shape index (κ2) is 11.2. The summed E-state index contributed by atoms with van der Waals surface area (Å²) in [5, 5.41) is 3.36. The zero-order valence-corrected chi connectivity index (χ0v) is 22.5. The lowest BCUT2D eigenvalue weighted by molar-refractivity contribution is -0.147. The van der Waals surface area contributed by atoms with Crippen molar-refractivity contribution < 1.29 is 17.9 Å². The maximum Gasteiger partial charge on any atom is 0.401 e. The summed E-state index contributed by atoms with van der Waals surface area (Å²) in [6.45, 7) is 4.11. The molecule has 0 atom stereocenters. The molecule has 7 nitrogen and oxygen atoms in total. The molecule has 0 bridgehead atoms. The Morgan fingerprint density at radius 1 is 0.950 bits per heavy atom. The zero-order valence-electron chi connectivity index (χ0n) is 22.5. The number of aromatic nitrogens is 4. The highest BCUT2D eigenvalue weighted by Gasteiger charge is 2.32. The van der Waals surface area contributed by atoms with E-state index in [9.17, 15) is 13.2 Å². The number of benzene rings is 2. The quantitative estimate of drug-likeness (QED) is 0.313. The van der Waals surface area contributed by atoms with Gasteiger partial charge in [0.2, 0.25) is 0 Å². The molecular formula is C30H33F3N6O. The summed E-state index contributed by atoms with van der Waals surface area (Å²) in [7, 11) is 0. The van der Waals surface area contributed by atoms with Gasteiger partial charge in [-0.05, 0) is 94.0 Å². The first-order valence-electron chi connectivity index (χ1n) is 13.9. The van der Waals surface area contributed by atoms with Crippen LogP contribution >= 0.6 is 0 Å². The number of piperidine rings is 2. The van der Waals surface area contributed by atoms with E-state index in [-0.39, 0.29) is 12.0 Å². The van der Waals surface area contributed by atoms with Crippen molar-refractivity contribution >= 4 is 11.2 Å². The number of likely N-dealkylation sites (tertiary alicyclic amines) is 1. The van der Waals surface area contributed by atoms with Crippen LogP contribution in [0.15, 0.2) is 48.8 Å². The van der Waals surface area contributed by atoms with Crippen molar-refractivity contribution in [1.29, 1.82) is 0 Å². The van der Waals surface area contributed by atoms with Crippen LogP contribution < -0.4 is 10.1 Å². The largest absolute Gasteiger partial charge is 0.490 e. The van der Waals surface area contributed by atoms with Crippen molar-refractivity contribution in [2.45, 2.75) is 50.8 Å². The number of hydrogen-bond donors (Lipinski definition) is 2. The molecule has 10 heteroatoms. The van der Waals surface area contributed by atoms with Crippen molar-refractivity contribution in [3.05, 3.63) is 59.9 Å². The highest BCUT2D eigenvalue weighted by Crippen LogP contribution is 2.33. The number of H-pyrrole nitrogens is 1. The molecule has 2 aromatic carbocycles. The first-order valence-corrected chi connectivity index (χ1v) is 13.9. The van der Waals surface area contributed by atoms with Crippen molar-refractivity contribution in [1.82, 2.24) is 30.2 Å². The van der Waals surface area contributed by atoms with Crippen molar-refractivity contribution in [3.63, 3.8) is 0 Å². The van der Waals surface area contributed by atoms with Gasteiger partial charge in [0.15, 0.2) is 5.65 Å². The SMILES string of the molecule is Cc1cc(-c2ncnc3[nH]c(-c4ccc(C5CCN(CC(F)(F)F)CC5)cc4)nc23)ccc1OC1CCNCC1. The van der Waals surface area contributed by atoms with Gasteiger partial charge in [0.25, 0.3) is 0 Å². The van der Waals surface area contributed by atoms with Crippen LogP contribution in [0.5, 0.6) is 5.75 Å². The third-order valence-electron chi connectivity index (χ3n) is 7.96. The van der Waals surface area contributed by atoms with Crippen molar-refractivity contribution in [2.24, 2.45) is 0 Å². The van der Waals surface area contributed by atoms with E-state index >= 15 is 0 Å². The maximum absolute atomic E-state index is 12.7. The molecule has 0 radical (unpaired) electrons. The Morgan fingerprint density at radius 2 is 1.68 bits per heavy atom. The number of alkyl halides is 3. The average molecular weight is 551 g/mol. The van der Waals surface area contributed by atoms with E-state index < -0.39 is 12.7 Å². The van der Waals surface area contributed by atoms with Crippen LogP contribution in [-0.2, 0) is 0 Å². The molecule has 2 aliphatic heterocycles. The van der Waals surface area contributed by atoms with E-state index in [1.54, 1.807) is 6.33 Å². The number of hydrogen-bond acceptors (Lipinski definition) is 6. The summed E-state index contributed by atoms with van der Waals surface area (Å²) < 4.78 is 44.4. The number of imidazole rings is 1. The fourth-order valence-electron chi connectivity index (χ4n) is 5.79. The summed E-state index contributed by atoms with van der Waals surface area (Å²) in [6, 6.07) is 14.3. The highest BCUT2D eigenvalue weighted by atomic mass is 19.4. The van der Waals surface area contributed by atoms with Gasteiger partial charge >= 0.3 is 6.18 Å². The van der Waals surface area contributed by atoms with Crippen molar-refractivity contribution in [2.75, 3.05) is 32.7 Å². The molecule has 0 amide bonds. The van der Waals surface area contributed by atoms with Crippen molar-refractivity contribution in [3.8, 4) is 28.4 Å². The van der Waals surface area contributed by atoms with E-state index in [2.05, 4.69) is 45.4 Å². The van der Waals surface area contributed by atoms with Gasteiger partial charge in [0.1, 0.15) is 35.2 Å². The standard InChI is InChI=1S/C30H33F3N6O/c1-19-16-23(6-7-25(19)40-24-8-12-34-13-9-24)26-27-29(36-18-35-26)38-28(37-27)22-4-2-20(3-5-22)21-10-14-39(15-11-21)17-30(31,32)33/h2-7,16,18,21,24,34H,8-15,17H2,1H3,(H,35,36,37,38). The molecule has 2 fully saturated rings. The molecule has 2 aliphatic rings. The Labute approximate surface area is 231 Å². The Morgan fingerprint density at radius 3 is 2.38 bits per heavy atom. The van der Waals surface area contributed by atoms with E-state index in [4.69, 9.17) is 9.72 Å². The summed E-state index contributed by atoms with van der Waals surface area (Å²) in [6.07, 6.45) is 1.09. The van der Waals surface area contributed by atoms with Crippen LogP contribution in [0.2, 0.25) is 0 Å². The number of aromatic amines is 1. The molecule has 2 N–H and O–H groups in total. The van der Waals surface area contributed by atoms with Gasteiger partial charge in [0, 0.05) is 11.1 Å². The average Bonchev–Trinajstić information content (AvgIpc) is 3.39. The predicted molar refractivity (Wildman–Crippen MR) is 148 cm³/mol. The van der Waals surface area contributed by atoms with E-state index in [0.29, 0.717) is 30.1 Å². The molecule has 0 unspecified atom stereocenters. The molecule has 6 rings (SSSR count). The molecule has 0 aliphatic carbocycles. The van der Waals surface area contributed by atoms with Crippen LogP contribution in [0.1, 0.15) is 42.7 Å². The number of nitrogens with zero attached hydrogens (tertiary/aromatic N) is 4. The topological polar surface area (TPSA) is 79.0 Å². The van der Waals surface area contributed by atoms with E-state index in [1.165, 1.54) is 4.90 Å². The lowest BCUT2D eigenvalue weighted by Crippen LogP contribution is -2.39. The first kappa shape index (κ1) is 26.7. The maximum atomic E-state index is 12.7. The predicted octanol–water partition coefficient (Wildman–Crippen LogP) is 5.87. The number of nitrogens with one attached hydrogen (secondary N) is 2. The molecular weight excluding hydrogens is 517 g/mol. The minimum Gasteiger partial charge on any atom is -0.490 e. The van der Waals surface area contributed by atoms with Crippen LogP contribution in [-0.4, -0.2) is 69.8 Å². The van der Waals surface area contributed by atoms with Crippen LogP contribution in [0.3, 0.4) is 0 Å². The Balaban J connectivity index is 1.18. The monoisotopic (exact) mass is 550 g/mol. The third-order valence-corrected chi connectivity index (χ3v) is 7.96. The second-order valence-electron chi connectivity index (χ2n) is 10.8. The number of ether oxygens (including phenoxy) is 1. The Hall–Kier alpha value is -3.50. The third kappa shape index (κ3) is 5.97. The zero-order chi connectivity index (χ0) is 27.7. The summed E-state index contributed by atoms with van der Waals surface area (Å²) in [5.74, 6) is 1.86. The van der Waals surface area contributed by atoms with Gasteiger partial charge < -0.3 is 15.0 Å². The summed E-state index contributed by atoms with van der Waals surface area (Å²) in [4.78, 5) is 18.6. The van der Waals surface area contributed by atoms with Gasteiger partial charge in [-0.2, -0.15) is 13.2 Å². The Kier molecular flexibility index (Phi) is 7.46. The summed E-state index contributed by atoms with van der Waals surface area (Å²) >= 11 is 0. The number of fused-ring (bicyclic) bond motifs is 1. The molecule has 2 saturated heterocycles. The fraction of sp³-hybridized carbons (Fsp3) is 0.433. The van der Waals surface area contributed by atoms with E-state index in [1.807, 2.05) is 24.3 Å². The van der Waals surface area contributed by atoms with Gasteiger partial charge in [-0.15, -0.1) is 0 Å². The van der Waals surface area contributed by atoms with E-state index in [0.717, 1.165) is 72.5 Å². The molecule has 2 aromatic heterocycles. The van der Waals surface area contributed by atoms with Gasteiger partial charge in [0.05, 0.1) is 6.54 Å². The number of aryl methyl sites for hydroxylation is 1. The molecule has 4 heterocycles. The van der Waals surface area contributed by atoms with Crippen LogP contribution in [0.4, 0.5) is 13.2 Å². The van der Waals surface area contributed by atoms with Gasteiger partial charge in [-0.25, -0.2) is 15.0 Å². The molecule has 40 heavy (non-hydrogen) atoms. The number of halogens is 3. The van der Waals surface area contributed by atoms with Crippen LogP contribution in [0.25, 0.3) is 33.8 Å². The van der Waals surface area contributed by atoms with Gasteiger partial charge in [-0.1, -0.05) is 24.3 Å². The molecule has 4 aromatic rings. The Bertz CT molecular complexity index is 1450. The molecule has 0 spiro atoms. The van der Waals surface area contributed by atoms with Crippen LogP contribution in [0, 0.1) is 6.92 Å². The lowest BCUT2D eigenvalue weighted by Gasteiger charge is -2.32. The number of rotatable bonds is 6. The fourth-order valence-corrected chi connectivity index (χ4v) is 5.79. The summed E-state index contributed by atoms with van der Waals surface area (Å²) in [5.41, 5.74) is 6.19. The minimum absolute atomic E-state index is 0.235. The first-order chi connectivity index (χ1) is 19.3. The molecule has 0 saturated carbocycles. The normalized spacial score (nSPS) is 17.9. The smallest absolute Gasteiger partial charge is 0.401 e. The van der Waals surface area contributed by atoms with Gasteiger partial charge in [-0.3, -0.25) is 4.90 Å². The molecule has 210 valence electrons. The second-order valence-corrected chi connectivity index (χ2v) is 10.8. The highest BCUT2D eigenvalue weighted by molar-refractivity contribution is 5.89. The lowest BCUT2D eigenvalue weighted by atomic mass is 9.89.